The molecule has 0 radical (unpaired) electrons. The zero-order valence-corrected chi connectivity index (χ0v) is 10.7. The molecule has 94 valence electrons. The van der Waals surface area contributed by atoms with Crippen molar-refractivity contribution < 1.29 is 4.79 Å². The van der Waals surface area contributed by atoms with Gasteiger partial charge in [0.15, 0.2) is 0 Å². The molecule has 0 spiro atoms. The number of carbonyl (C=O) groups is 1. The average molecular weight is 235 g/mol. The number of anilines is 1. The van der Waals surface area contributed by atoms with Gasteiger partial charge in [-0.1, -0.05) is 13.3 Å². The third-order valence-electron chi connectivity index (χ3n) is 3.42. The van der Waals surface area contributed by atoms with E-state index in [1.54, 1.807) is 6.07 Å². The van der Waals surface area contributed by atoms with Crippen LogP contribution in [0, 0.1) is 5.92 Å². The molecule has 1 heterocycles. The molecule has 0 bridgehead atoms. The number of rotatable bonds is 4. The van der Waals surface area contributed by atoms with Crippen LogP contribution in [-0.2, 0) is 0 Å². The largest absolute Gasteiger partial charge is 0.397 e. The molecule has 1 aromatic heterocycles. The summed E-state index contributed by atoms with van der Waals surface area (Å²) in [5.41, 5.74) is 7.07. The van der Waals surface area contributed by atoms with Crippen molar-refractivity contribution in [2.45, 2.75) is 45.7 Å². The minimum atomic E-state index is -0.00338. The van der Waals surface area contributed by atoms with E-state index in [-0.39, 0.29) is 11.9 Å². The first kappa shape index (κ1) is 12.0. The summed E-state index contributed by atoms with van der Waals surface area (Å²) in [4.78, 5) is 12.1. The molecule has 3 N–H and O–H groups in total. The second-order valence-electron chi connectivity index (χ2n) is 5.14. The Morgan fingerprint density at radius 1 is 1.65 bits per heavy atom. The molecular weight excluding hydrogens is 214 g/mol. The normalized spacial score (nSPS) is 22.8. The Kier molecular flexibility index (Phi) is 3.13. The summed E-state index contributed by atoms with van der Waals surface area (Å²) in [5.74, 6) is 0.662. The Balaban J connectivity index is 2.08. The molecule has 1 aliphatic carbocycles. The molecular formula is C13H21N3O. The van der Waals surface area contributed by atoms with Crippen LogP contribution in [0.2, 0.25) is 0 Å². The average Bonchev–Trinajstić information content (AvgIpc) is 2.89. The van der Waals surface area contributed by atoms with E-state index in [1.807, 2.05) is 24.6 Å². The van der Waals surface area contributed by atoms with E-state index in [4.69, 9.17) is 5.73 Å². The maximum absolute atomic E-state index is 12.1. The summed E-state index contributed by atoms with van der Waals surface area (Å²) in [6.07, 6.45) is 4.07. The van der Waals surface area contributed by atoms with Crippen LogP contribution in [0.4, 0.5) is 5.69 Å². The fraction of sp³-hybridized carbons (Fsp3) is 0.615. The molecule has 1 amide bonds. The van der Waals surface area contributed by atoms with Gasteiger partial charge in [0.25, 0.3) is 5.91 Å². The topological polar surface area (TPSA) is 60.1 Å². The third-order valence-corrected chi connectivity index (χ3v) is 3.42. The van der Waals surface area contributed by atoms with Crippen LogP contribution in [0.15, 0.2) is 12.3 Å². The highest BCUT2D eigenvalue weighted by Gasteiger charge is 2.37. The molecule has 1 fully saturated rings. The Morgan fingerprint density at radius 2 is 2.35 bits per heavy atom. The van der Waals surface area contributed by atoms with E-state index in [0.717, 1.165) is 12.8 Å². The zero-order chi connectivity index (χ0) is 12.6. The monoisotopic (exact) mass is 235 g/mol. The van der Waals surface area contributed by atoms with Gasteiger partial charge in [0.2, 0.25) is 0 Å². The summed E-state index contributed by atoms with van der Waals surface area (Å²) in [6.45, 7) is 6.25. The standard InChI is InChI=1S/C13H21N3O/c1-4-9-5-11(9)15-13(17)12-6-10(14)7-16(12)8(2)3/h6-9,11H,4-5,14H2,1-3H3,(H,15,17). The lowest BCUT2D eigenvalue weighted by Crippen LogP contribution is -2.29. The van der Waals surface area contributed by atoms with Crippen LogP contribution in [0.5, 0.6) is 0 Å². The van der Waals surface area contributed by atoms with Crippen LogP contribution in [-0.4, -0.2) is 16.5 Å². The SMILES string of the molecule is CCC1CC1NC(=O)c1cc(N)cn1C(C)C. The van der Waals surface area contributed by atoms with Gasteiger partial charge in [-0.15, -0.1) is 0 Å². The second-order valence-corrected chi connectivity index (χ2v) is 5.14. The second kappa shape index (κ2) is 4.43. The van der Waals surface area contributed by atoms with Gasteiger partial charge in [-0.3, -0.25) is 4.79 Å². The Labute approximate surface area is 102 Å². The number of carbonyl (C=O) groups excluding carboxylic acids is 1. The van der Waals surface area contributed by atoms with Crippen molar-refractivity contribution in [3.63, 3.8) is 0 Å². The molecule has 2 atom stereocenters. The van der Waals surface area contributed by atoms with Crippen molar-refractivity contribution >= 4 is 11.6 Å². The Morgan fingerprint density at radius 3 is 2.88 bits per heavy atom. The molecule has 0 saturated heterocycles. The fourth-order valence-corrected chi connectivity index (χ4v) is 2.23. The molecule has 1 aromatic rings. The highest BCUT2D eigenvalue weighted by Crippen LogP contribution is 2.33. The Bertz CT molecular complexity index is 422. The minimum Gasteiger partial charge on any atom is -0.397 e. The molecule has 2 rings (SSSR count). The molecule has 1 saturated carbocycles. The highest BCUT2D eigenvalue weighted by atomic mass is 16.2. The fourth-order valence-electron chi connectivity index (χ4n) is 2.23. The molecule has 17 heavy (non-hydrogen) atoms. The number of nitrogen functional groups attached to an aromatic ring is 1. The number of amides is 1. The van der Waals surface area contributed by atoms with Crippen molar-refractivity contribution in [1.82, 2.24) is 9.88 Å². The number of nitrogens with two attached hydrogens (primary N) is 1. The van der Waals surface area contributed by atoms with Gasteiger partial charge in [-0.25, -0.2) is 0 Å². The van der Waals surface area contributed by atoms with Gasteiger partial charge < -0.3 is 15.6 Å². The summed E-state index contributed by atoms with van der Waals surface area (Å²) in [7, 11) is 0. The molecule has 0 aromatic carbocycles. The summed E-state index contributed by atoms with van der Waals surface area (Å²) in [6, 6.07) is 2.36. The lowest BCUT2D eigenvalue weighted by Gasteiger charge is -2.12. The molecule has 0 aliphatic heterocycles. The van der Waals surface area contributed by atoms with Crippen molar-refractivity contribution in [2.75, 3.05) is 5.73 Å². The molecule has 1 aliphatic rings. The van der Waals surface area contributed by atoms with Gasteiger partial charge >= 0.3 is 0 Å². The lowest BCUT2D eigenvalue weighted by molar-refractivity contribution is 0.0938. The zero-order valence-electron chi connectivity index (χ0n) is 10.7. The van der Waals surface area contributed by atoms with Crippen molar-refractivity contribution in [2.24, 2.45) is 5.92 Å². The number of aromatic nitrogens is 1. The van der Waals surface area contributed by atoms with E-state index in [0.29, 0.717) is 23.3 Å². The van der Waals surface area contributed by atoms with Gasteiger partial charge in [-0.05, 0) is 32.3 Å². The van der Waals surface area contributed by atoms with Crippen LogP contribution in [0.3, 0.4) is 0 Å². The summed E-state index contributed by atoms with van der Waals surface area (Å²) < 4.78 is 1.92. The van der Waals surface area contributed by atoms with Crippen LogP contribution in [0.25, 0.3) is 0 Å². The maximum atomic E-state index is 12.1. The molecule has 4 nitrogen and oxygen atoms in total. The number of hydrogen-bond donors (Lipinski definition) is 2. The van der Waals surface area contributed by atoms with Crippen LogP contribution in [0.1, 0.15) is 50.1 Å². The highest BCUT2D eigenvalue weighted by molar-refractivity contribution is 5.94. The van der Waals surface area contributed by atoms with E-state index >= 15 is 0 Å². The molecule has 4 heteroatoms. The maximum Gasteiger partial charge on any atom is 0.268 e. The van der Waals surface area contributed by atoms with E-state index < -0.39 is 0 Å². The minimum absolute atomic E-state index is 0.00338. The number of nitrogens with one attached hydrogen (secondary N) is 1. The van der Waals surface area contributed by atoms with Crippen LogP contribution >= 0.6 is 0 Å². The van der Waals surface area contributed by atoms with Crippen molar-refractivity contribution in [3.05, 3.63) is 18.0 Å². The number of hydrogen-bond acceptors (Lipinski definition) is 2. The first-order valence-corrected chi connectivity index (χ1v) is 6.31. The van der Waals surface area contributed by atoms with Crippen molar-refractivity contribution in [1.29, 1.82) is 0 Å². The Hall–Kier alpha value is -1.45. The van der Waals surface area contributed by atoms with Crippen LogP contribution < -0.4 is 11.1 Å². The van der Waals surface area contributed by atoms with Gasteiger partial charge in [-0.2, -0.15) is 0 Å². The van der Waals surface area contributed by atoms with Gasteiger partial charge in [0, 0.05) is 18.3 Å². The van der Waals surface area contributed by atoms with Gasteiger partial charge in [0.05, 0.1) is 5.69 Å². The summed E-state index contributed by atoms with van der Waals surface area (Å²) >= 11 is 0. The summed E-state index contributed by atoms with van der Waals surface area (Å²) in [5, 5.41) is 3.06. The smallest absolute Gasteiger partial charge is 0.268 e. The van der Waals surface area contributed by atoms with Crippen molar-refractivity contribution in [3.8, 4) is 0 Å². The van der Waals surface area contributed by atoms with Gasteiger partial charge in [0.1, 0.15) is 5.69 Å². The quantitative estimate of drug-likeness (QED) is 0.840. The lowest BCUT2D eigenvalue weighted by atomic mass is 10.3. The third kappa shape index (κ3) is 2.46. The van der Waals surface area contributed by atoms with E-state index in [1.165, 1.54) is 0 Å². The molecule has 2 unspecified atom stereocenters. The van der Waals surface area contributed by atoms with E-state index in [2.05, 4.69) is 12.2 Å². The first-order chi connectivity index (χ1) is 8.02. The predicted molar refractivity (Wildman–Crippen MR) is 68.9 cm³/mol. The number of nitrogens with zero attached hydrogens (tertiary/aromatic N) is 1. The first-order valence-electron chi connectivity index (χ1n) is 6.31. The predicted octanol–water partition coefficient (Wildman–Crippen LogP) is 2.18. The van der Waals surface area contributed by atoms with E-state index in [9.17, 15) is 4.79 Å².